The molecule has 1 aliphatic heterocycles. The Balaban J connectivity index is 1.48. The predicted octanol–water partition coefficient (Wildman–Crippen LogP) is 4.09. The van der Waals surface area contributed by atoms with Crippen molar-refractivity contribution in [3.63, 3.8) is 0 Å². The van der Waals surface area contributed by atoms with Crippen LogP contribution in [0.3, 0.4) is 0 Å². The number of likely N-dealkylation sites (tertiary alicyclic amines) is 1. The Bertz CT molecular complexity index is 749. The van der Waals surface area contributed by atoms with Crippen LogP contribution in [0.4, 0.5) is 0 Å². The van der Waals surface area contributed by atoms with Gasteiger partial charge in [0.25, 0.3) is 0 Å². The zero-order valence-electron chi connectivity index (χ0n) is 16.6. The maximum atomic E-state index is 12.7. The van der Waals surface area contributed by atoms with Crippen molar-refractivity contribution in [3.8, 4) is 5.75 Å². The molecule has 4 nitrogen and oxygen atoms in total. The van der Waals surface area contributed by atoms with Crippen LogP contribution in [-0.2, 0) is 11.3 Å². The normalized spacial score (nSPS) is 16.7. The van der Waals surface area contributed by atoms with Gasteiger partial charge in [0.1, 0.15) is 5.75 Å². The molecule has 1 aliphatic rings. The number of aryl methyl sites for hydroxylation is 1. The molecule has 3 rings (SSSR count). The molecule has 0 bridgehead atoms. The van der Waals surface area contributed by atoms with Crippen molar-refractivity contribution in [2.45, 2.75) is 39.3 Å². The first-order valence-corrected chi connectivity index (χ1v) is 9.78. The lowest BCUT2D eigenvalue weighted by molar-refractivity contribution is -0.127. The van der Waals surface area contributed by atoms with Crippen LogP contribution in [0.15, 0.2) is 48.5 Å². The molecular weight excluding hydrogens is 336 g/mol. The molecule has 2 aromatic rings. The number of hydrogen-bond donors (Lipinski definition) is 1. The van der Waals surface area contributed by atoms with Gasteiger partial charge in [0.05, 0.1) is 13.2 Å². The molecule has 0 saturated carbocycles. The Morgan fingerprint density at radius 3 is 2.44 bits per heavy atom. The first-order valence-electron chi connectivity index (χ1n) is 9.78. The van der Waals surface area contributed by atoms with Crippen molar-refractivity contribution in [1.82, 2.24) is 10.2 Å². The number of piperidine rings is 1. The molecule has 27 heavy (non-hydrogen) atoms. The van der Waals surface area contributed by atoms with Crippen molar-refractivity contribution >= 4 is 5.91 Å². The summed E-state index contributed by atoms with van der Waals surface area (Å²) < 4.78 is 5.19. The number of methoxy groups -OCH3 is 1. The van der Waals surface area contributed by atoms with E-state index in [0.717, 1.165) is 43.8 Å². The smallest absolute Gasteiger partial charge is 0.223 e. The summed E-state index contributed by atoms with van der Waals surface area (Å²) in [5, 5.41) is 3.18. The van der Waals surface area contributed by atoms with Gasteiger partial charge in [-0.25, -0.2) is 0 Å². The zero-order valence-corrected chi connectivity index (χ0v) is 16.6. The Hall–Kier alpha value is -2.33. The van der Waals surface area contributed by atoms with E-state index in [2.05, 4.69) is 41.4 Å². The Labute approximate surface area is 162 Å². The summed E-state index contributed by atoms with van der Waals surface area (Å²) in [5.41, 5.74) is 3.82. The fourth-order valence-electron chi connectivity index (χ4n) is 3.69. The summed E-state index contributed by atoms with van der Waals surface area (Å²) in [7, 11) is 1.66. The van der Waals surface area contributed by atoms with Crippen LogP contribution in [0.2, 0.25) is 0 Å². The third kappa shape index (κ3) is 5.10. The molecule has 0 aliphatic carbocycles. The highest BCUT2D eigenvalue weighted by Gasteiger charge is 2.26. The highest BCUT2D eigenvalue weighted by Crippen LogP contribution is 2.22. The van der Waals surface area contributed by atoms with E-state index in [1.807, 2.05) is 31.2 Å². The summed E-state index contributed by atoms with van der Waals surface area (Å²) in [6.07, 6.45) is 1.85. The first kappa shape index (κ1) is 19.4. The van der Waals surface area contributed by atoms with Crippen LogP contribution < -0.4 is 10.1 Å². The predicted molar refractivity (Wildman–Crippen MR) is 109 cm³/mol. The monoisotopic (exact) mass is 366 g/mol. The minimum absolute atomic E-state index is 0.00778. The number of ether oxygens (including phenoxy) is 1. The lowest BCUT2D eigenvalue weighted by Gasteiger charge is -2.32. The van der Waals surface area contributed by atoms with E-state index in [1.54, 1.807) is 7.11 Å². The molecule has 144 valence electrons. The maximum Gasteiger partial charge on any atom is 0.223 e. The van der Waals surface area contributed by atoms with E-state index in [0.29, 0.717) is 0 Å². The van der Waals surface area contributed by atoms with Gasteiger partial charge in [-0.15, -0.1) is 0 Å². The van der Waals surface area contributed by atoms with Crippen molar-refractivity contribution in [3.05, 3.63) is 65.2 Å². The van der Waals surface area contributed by atoms with E-state index >= 15 is 0 Å². The van der Waals surface area contributed by atoms with Crippen molar-refractivity contribution in [2.24, 2.45) is 5.92 Å². The summed E-state index contributed by atoms with van der Waals surface area (Å²) in [6, 6.07) is 16.4. The van der Waals surface area contributed by atoms with E-state index in [-0.39, 0.29) is 17.9 Å². The molecule has 0 aromatic heterocycles. The molecule has 1 heterocycles. The minimum Gasteiger partial charge on any atom is -0.497 e. The third-order valence-corrected chi connectivity index (χ3v) is 5.59. The average Bonchev–Trinajstić information content (AvgIpc) is 2.70. The third-order valence-electron chi connectivity index (χ3n) is 5.59. The number of benzene rings is 2. The van der Waals surface area contributed by atoms with Gasteiger partial charge in [-0.05, 0) is 68.6 Å². The van der Waals surface area contributed by atoms with Gasteiger partial charge in [-0.2, -0.15) is 0 Å². The second-order valence-electron chi connectivity index (χ2n) is 7.48. The topological polar surface area (TPSA) is 41.6 Å². The summed E-state index contributed by atoms with van der Waals surface area (Å²) in [5.74, 6) is 1.12. The van der Waals surface area contributed by atoms with Gasteiger partial charge < -0.3 is 10.1 Å². The quantitative estimate of drug-likeness (QED) is 0.837. The van der Waals surface area contributed by atoms with Gasteiger partial charge in [-0.1, -0.05) is 36.4 Å². The second-order valence-corrected chi connectivity index (χ2v) is 7.48. The second kappa shape index (κ2) is 9.05. The molecule has 1 amide bonds. The Morgan fingerprint density at radius 2 is 1.81 bits per heavy atom. The summed E-state index contributed by atoms with van der Waals surface area (Å²) in [4.78, 5) is 15.1. The number of carbonyl (C=O) groups is 1. The van der Waals surface area contributed by atoms with E-state index in [9.17, 15) is 4.79 Å². The minimum atomic E-state index is 0.00778. The van der Waals surface area contributed by atoms with Crippen molar-refractivity contribution in [1.29, 1.82) is 0 Å². The van der Waals surface area contributed by atoms with Crippen molar-refractivity contribution < 1.29 is 9.53 Å². The molecule has 1 unspecified atom stereocenters. The summed E-state index contributed by atoms with van der Waals surface area (Å²) >= 11 is 0. The van der Waals surface area contributed by atoms with Gasteiger partial charge in [0.15, 0.2) is 0 Å². The lowest BCUT2D eigenvalue weighted by Crippen LogP contribution is -2.41. The van der Waals surface area contributed by atoms with Gasteiger partial charge >= 0.3 is 0 Å². The molecule has 4 heteroatoms. The highest BCUT2D eigenvalue weighted by atomic mass is 16.5. The van der Waals surface area contributed by atoms with Gasteiger partial charge in [0.2, 0.25) is 5.91 Å². The SMILES string of the molecule is COc1ccc(C(C)NC(=O)C2CCN(Cc3ccccc3C)CC2)cc1. The van der Waals surface area contributed by atoms with Gasteiger partial charge in [0, 0.05) is 12.5 Å². The zero-order chi connectivity index (χ0) is 19.2. The van der Waals surface area contributed by atoms with Crippen LogP contribution in [0.25, 0.3) is 0 Å². The largest absolute Gasteiger partial charge is 0.497 e. The highest BCUT2D eigenvalue weighted by molar-refractivity contribution is 5.79. The number of carbonyl (C=O) groups excluding carboxylic acids is 1. The van der Waals surface area contributed by atoms with E-state index in [1.165, 1.54) is 11.1 Å². The fourth-order valence-corrected chi connectivity index (χ4v) is 3.69. The number of nitrogens with one attached hydrogen (secondary N) is 1. The molecule has 2 aromatic carbocycles. The van der Waals surface area contributed by atoms with Crippen molar-refractivity contribution in [2.75, 3.05) is 20.2 Å². The first-order chi connectivity index (χ1) is 13.1. The van der Waals surface area contributed by atoms with Gasteiger partial charge in [-0.3, -0.25) is 9.69 Å². The molecule has 1 fully saturated rings. The van der Waals surface area contributed by atoms with Crippen LogP contribution in [-0.4, -0.2) is 31.0 Å². The molecule has 0 radical (unpaired) electrons. The van der Waals surface area contributed by atoms with Crippen LogP contribution >= 0.6 is 0 Å². The number of rotatable bonds is 6. The molecular formula is C23H30N2O2. The van der Waals surface area contributed by atoms with E-state index < -0.39 is 0 Å². The molecule has 1 N–H and O–H groups in total. The molecule has 1 saturated heterocycles. The fraction of sp³-hybridized carbons (Fsp3) is 0.435. The number of nitrogens with zero attached hydrogens (tertiary/aromatic N) is 1. The lowest BCUT2D eigenvalue weighted by atomic mass is 9.94. The molecule has 0 spiro atoms. The standard InChI is InChI=1S/C23H30N2O2/c1-17-6-4-5-7-21(17)16-25-14-12-20(13-15-25)23(26)24-18(2)19-8-10-22(27-3)11-9-19/h4-11,18,20H,12-16H2,1-3H3,(H,24,26). The average molecular weight is 367 g/mol. The maximum absolute atomic E-state index is 12.7. The number of amides is 1. The van der Waals surface area contributed by atoms with E-state index in [4.69, 9.17) is 4.74 Å². The van der Waals surface area contributed by atoms with Crippen LogP contribution in [0.5, 0.6) is 5.75 Å². The number of hydrogen-bond acceptors (Lipinski definition) is 3. The molecule has 1 atom stereocenters. The van der Waals surface area contributed by atoms with Crippen LogP contribution in [0.1, 0.15) is 42.5 Å². The Morgan fingerprint density at radius 1 is 1.15 bits per heavy atom. The van der Waals surface area contributed by atoms with Crippen LogP contribution in [0, 0.1) is 12.8 Å². The Kier molecular flexibility index (Phi) is 6.51. The summed E-state index contributed by atoms with van der Waals surface area (Å²) in [6.45, 7) is 7.12.